The highest BCUT2D eigenvalue weighted by Gasteiger charge is 2.09. The number of fused-ring (bicyclic) bond motifs is 1. The monoisotopic (exact) mass is 395 g/mol. The summed E-state index contributed by atoms with van der Waals surface area (Å²) < 4.78 is 24.2. The van der Waals surface area contributed by atoms with Gasteiger partial charge in [-0.2, -0.15) is 0 Å². The molecule has 0 saturated carbocycles. The third-order valence-electron chi connectivity index (χ3n) is 4.35. The van der Waals surface area contributed by atoms with Crippen LogP contribution in [0.1, 0.15) is 24.6 Å². The zero-order chi connectivity index (χ0) is 19.5. The molecule has 0 N–H and O–H groups in total. The fourth-order valence-corrected chi connectivity index (χ4v) is 3.84. The number of hydrogen-bond donors (Lipinski definition) is 0. The third-order valence-corrected chi connectivity index (χ3v) is 5.29. The summed E-state index contributed by atoms with van der Waals surface area (Å²) in [5, 5.41) is 3.66. The number of halogens is 1. The molecule has 0 fully saturated rings. The molecule has 0 radical (unpaired) electrons. The minimum absolute atomic E-state index is 0.270. The lowest BCUT2D eigenvalue weighted by Gasteiger charge is -2.07. The lowest BCUT2D eigenvalue weighted by molar-refractivity contribution is 0.302. The summed E-state index contributed by atoms with van der Waals surface area (Å²) in [6, 6.07) is 13.3. The van der Waals surface area contributed by atoms with Gasteiger partial charge in [-0.05, 0) is 48.4 Å². The van der Waals surface area contributed by atoms with E-state index in [9.17, 15) is 9.18 Å². The fourth-order valence-electron chi connectivity index (χ4n) is 3.03. The minimum Gasteiger partial charge on any atom is -0.487 e. The normalized spacial score (nSPS) is 11.1. The van der Waals surface area contributed by atoms with Crippen molar-refractivity contribution in [2.45, 2.75) is 26.4 Å². The molecule has 0 aliphatic heterocycles. The zero-order valence-electron chi connectivity index (χ0n) is 15.3. The first kappa shape index (κ1) is 18.4. The van der Waals surface area contributed by atoms with Gasteiger partial charge in [0.25, 0.3) is 0 Å². The van der Waals surface area contributed by atoms with Gasteiger partial charge in [0, 0.05) is 28.5 Å². The predicted molar refractivity (Wildman–Crippen MR) is 108 cm³/mol. The summed E-state index contributed by atoms with van der Waals surface area (Å²) in [5.74, 6) is 0.342. The Morgan fingerprint density at radius 2 is 1.96 bits per heavy atom. The van der Waals surface area contributed by atoms with Crippen LogP contribution in [0.5, 0.6) is 5.75 Å². The van der Waals surface area contributed by atoms with Gasteiger partial charge in [-0.3, -0.25) is 0 Å². The Morgan fingerprint density at radius 3 is 2.75 bits per heavy atom. The molecule has 2 aromatic heterocycles. The summed E-state index contributed by atoms with van der Waals surface area (Å²) >= 11 is 1.48. The average Bonchev–Trinajstić information content (AvgIpc) is 3.16. The van der Waals surface area contributed by atoms with Crippen molar-refractivity contribution >= 4 is 22.3 Å². The molecular weight excluding hydrogens is 377 g/mol. The summed E-state index contributed by atoms with van der Waals surface area (Å²) in [5.41, 5.74) is 2.82. The SMILES string of the molecule is CCCc1cc(=O)oc2cc(OCc3csc(-c4ccc(F)cc4)n3)ccc12. The summed E-state index contributed by atoms with van der Waals surface area (Å²) in [6.07, 6.45) is 1.78. The van der Waals surface area contributed by atoms with Gasteiger partial charge in [-0.25, -0.2) is 14.2 Å². The Hall–Kier alpha value is -2.99. The number of nitrogens with zero attached hydrogens (tertiary/aromatic N) is 1. The molecule has 28 heavy (non-hydrogen) atoms. The molecule has 142 valence electrons. The van der Waals surface area contributed by atoms with Gasteiger partial charge < -0.3 is 9.15 Å². The topological polar surface area (TPSA) is 52.3 Å². The summed E-state index contributed by atoms with van der Waals surface area (Å²) in [6.45, 7) is 2.37. The van der Waals surface area contributed by atoms with Crippen molar-refractivity contribution < 1.29 is 13.5 Å². The van der Waals surface area contributed by atoms with E-state index in [0.717, 1.165) is 40.1 Å². The second-order valence-corrected chi connectivity index (χ2v) is 7.30. The molecule has 0 unspecified atom stereocenters. The molecule has 0 spiro atoms. The van der Waals surface area contributed by atoms with Crippen LogP contribution in [0.4, 0.5) is 4.39 Å². The minimum atomic E-state index is -0.350. The first-order valence-electron chi connectivity index (χ1n) is 9.02. The maximum atomic E-state index is 13.1. The second-order valence-electron chi connectivity index (χ2n) is 6.44. The van der Waals surface area contributed by atoms with Gasteiger partial charge in [0.05, 0.1) is 5.69 Å². The van der Waals surface area contributed by atoms with Crippen LogP contribution < -0.4 is 10.4 Å². The van der Waals surface area contributed by atoms with Gasteiger partial charge >= 0.3 is 5.63 Å². The van der Waals surface area contributed by atoms with E-state index in [2.05, 4.69) is 11.9 Å². The number of aryl methyl sites for hydroxylation is 1. The average molecular weight is 395 g/mol. The van der Waals surface area contributed by atoms with Crippen LogP contribution in [-0.2, 0) is 13.0 Å². The van der Waals surface area contributed by atoms with E-state index in [1.165, 1.54) is 23.5 Å². The highest BCUT2D eigenvalue weighted by atomic mass is 32.1. The molecule has 0 atom stereocenters. The van der Waals surface area contributed by atoms with Crippen LogP contribution in [-0.4, -0.2) is 4.98 Å². The van der Waals surface area contributed by atoms with Crippen molar-refractivity contribution in [3.8, 4) is 16.3 Å². The van der Waals surface area contributed by atoms with E-state index < -0.39 is 0 Å². The van der Waals surface area contributed by atoms with E-state index >= 15 is 0 Å². The number of aromatic nitrogens is 1. The van der Waals surface area contributed by atoms with E-state index in [4.69, 9.17) is 9.15 Å². The van der Waals surface area contributed by atoms with Crippen LogP contribution in [0.3, 0.4) is 0 Å². The molecule has 0 aliphatic carbocycles. The lowest BCUT2D eigenvalue weighted by atomic mass is 10.1. The highest BCUT2D eigenvalue weighted by molar-refractivity contribution is 7.13. The maximum absolute atomic E-state index is 13.1. The summed E-state index contributed by atoms with van der Waals surface area (Å²) in [7, 11) is 0. The quantitative estimate of drug-likeness (QED) is 0.400. The maximum Gasteiger partial charge on any atom is 0.336 e. The van der Waals surface area contributed by atoms with Crippen LogP contribution in [0, 0.1) is 5.82 Å². The van der Waals surface area contributed by atoms with E-state index in [1.54, 1.807) is 24.3 Å². The Morgan fingerprint density at radius 1 is 1.14 bits per heavy atom. The highest BCUT2D eigenvalue weighted by Crippen LogP contribution is 2.26. The third kappa shape index (κ3) is 3.97. The largest absolute Gasteiger partial charge is 0.487 e. The molecule has 2 aromatic carbocycles. The predicted octanol–water partition coefficient (Wildman–Crippen LogP) is 5.59. The fraction of sp³-hybridized carbons (Fsp3) is 0.182. The van der Waals surface area contributed by atoms with E-state index in [1.807, 2.05) is 17.5 Å². The Labute approximate surface area is 165 Å². The van der Waals surface area contributed by atoms with Crippen LogP contribution in [0.2, 0.25) is 0 Å². The molecule has 4 rings (SSSR count). The van der Waals surface area contributed by atoms with Crippen LogP contribution in [0.15, 0.2) is 63.1 Å². The van der Waals surface area contributed by atoms with Crippen molar-refractivity contribution in [1.82, 2.24) is 4.98 Å². The Kier molecular flexibility index (Phi) is 5.21. The van der Waals surface area contributed by atoms with Crippen molar-refractivity contribution in [2.24, 2.45) is 0 Å². The van der Waals surface area contributed by atoms with Crippen molar-refractivity contribution in [2.75, 3.05) is 0 Å². The first-order valence-corrected chi connectivity index (χ1v) is 9.90. The Bertz CT molecular complexity index is 1160. The van der Waals surface area contributed by atoms with Crippen molar-refractivity contribution in [3.63, 3.8) is 0 Å². The molecule has 0 bridgehead atoms. The zero-order valence-corrected chi connectivity index (χ0v) is 16.1. The van der Waals surface area contributed by atoms with Gasteiger partial charge in [0.15, 0.2) is 0 Å². The molecular formula is C22H18FNO3S. The van der Waals surface area contributed by atoms with Crippen molar-refractivity contribution in [3.05, 3.63) is 81.4 Å². The second kappa shape index (κ2) is 7.94. The standard InChI is InChI=1S/C22H18FNO3S/c1-2-3-15-10-21(25)27-20-11-18(8-9-19(15)20)26-12-17-13-28-22(24-17)14-4-6-16(23)7-5-14/h4-11,13H,2-3,12H2,1H3. The number of ether oxygens (including phenoxy) is 1. The van der Waals surface area contributed by atoms with Gasteiger partial charge in [-0.1, -0.05) is 13.3 Å². The number of rotatable bonds is 6. The van der Waals surface area contributed by atoms with Crippen molar-refractivity contribution in [1.29, 1.82) is 0 Å². The summed E-state index contributed by atoms with van der Waals surface area (Å²) in [4.78, 5) is 16.3. The molecule has 2 heterocycles. The smallest absolute Gasteiger partial charge is 0.336 e. The van der Waals surface area contributed by atoms with Crippen LogP contribution >= 0.6 is 11.3 Å². The number of benzene rings is 2. The van der Waals surface area contributed by atoms with Gasteiger partial charge in [-0.15, -0.1) is 11.3 Å². The molecule has 6 heteroatoms. The molecule has 4 nitrogen and oxygen atoms in total. The van der Waals surface area contributed by atoms with Gasteiger partial charge in [0.1, 0.15) is 28.8 Å². The first-order chi connectivity index (χ1) is 13.6. The van der Waals surface area contributed by atoms with E-state index in [0.29, 0.717) is 17.9 Å². The lowest BCUT2D eigenvalue weighted by Crippen LogP contribution is -2.01. The molecule has 0 saturated heterocycles. The van der Waals surface area contributed by atoms with E-state index in [-0.39, 0.29) is 11.4 Å². The number of hydrogen-bond acceptors (Lipinski definition) is 5. The molecule has 0 amide bonds. The molecule has 0 aliphatic rings. The van der Waals surface area contributed by atoms with Gasteiger partial charge in [0.2, 0.25) is 0 Å². The Balaban J connectivity index is 1.51. The molecule has 4 aromatic rings. The van der Waals surface area contributed by atoms with Crippen LogP contribution in [0.25, 0.3) is 21.5 Å². The number of thiazole rings is 1.